The van der Waals surface area contributed by atoms with E-state index in [1.165, 1.54) is 12.1 Å². The van der Waals surface area contributed by atoms with Crippen molar-refractivity contribution < 1.29 is 9.50 Å². The lowest BCUT2D eigenvalue weighted by Crippen LogP contribution is -1.93. The molecule has 0 radical (unpaired) electrons. The minimum atomic E-state index is -0.325. The Hall–Kier alpha value is -1.35. The van der Waals surface area contributed by atoms with Crippen LogP contribution in [0.15, 0.2) is 18.2 Å². The highest BCUT2D eigenvalue weighted by Gasteiger charge is 2.05. The van der Waals surface area contributed by atoms with Gasteiger partial charge < -0.3 is 10.8 Å². The normalized spacial score (nSPS) is 11.0. The Kier molecular flexibility index (Phi) is 3.03. The molecule has 3 N–H and O–H groups in total. The molecule has 0 saturated carbocycles. The SMILES string of the molecule is Cc1c(F)ccc(O)c1/C=C/CN. The Morgan fingerprint density at radius 1 is 1.54 bits per heavy atom. The Bertz CT molecular complexity index is 334. The number of phenols is 1. The second kappa shape index (κ2) is 4.05. The molecule has 0 aliphatic heterocycles. The van der Waals surface area contributed by atoms with E-state index >= 15 is 0 Å². The number of benzene rings is 1. The van der Waals surface area contributed by atoms with Gasteiger partial charge in [-0.1, -0.05) is 12.2 Å². The van der Waals surface area contributed by atoms with Crippen molar-refractivity contribution in [3.63, 3.8) is 0 Å². The van der Waals surface area contributed by atoms with Gasteiger partial charge in [0.1, 0.15) is 11.6 Å². The second-order valence-electron chi connectivity index (χ2n) is 2.74. The van der Waals surface area contributed by atoms with Crippen molar-refractivity contribution in [2.75, 3.05) is 6.54 Å². The molecule has 0 fully saturated rings. The lowest BCUT2D eigenvalue weighted by Gasteiger charge is -2.04. The molecule has 0 aromatic heterocycles. The molecule has 13 heavy (non-hydrogen) atoms. The minimum Gasteiger partial charge on any atom is -0.507 e. The largest absolute Gasteiger partial charge is 0.507 e. The van der Waals surface area contributed by atoms with Gasteiger partial charge in [0.05, 0.1) is 0 Å². The summed E-state index contributed by atoms with van der Waals surface area (Å²) in [6.45, 7) is 1.99. The predicted molar refractivity (Wildman–Crippen MR) is 50.9 cm³/mol. The Balaban J connectivity index is 3.17. The van der Waals surface area contributed by atoms with Gasteiger partial charge in [0, 0.05) is 12.1 Å². The fourth-order valence-corrected chi connectivity index (χ4v) is 1.08. The summed E-state index contributed by atoms with van der Waals surface area (Å²) in [5, 5.41) is 9.38. The molecule has 70 valence electrons. The average Bonchev–Trinajstić information content (AvgIpc) is 2.12. The molecule has 1 aromatic rings. The summed E-state index contributed by atoms with van der Waals surface area (Å²) in [7, 11) is 0. The molecule has 0 bridgehead atoms. The number of halogens is 1. The number of nitrogens with two attached hydrogens (primary N) is 1. The third kappa shape index (κ3) is 2.06. The smallest absolute Gasteiger partial charge is 0.126 e. The van der Waals surface area contributed by atoms with E-state index in [9.17, 15) is 9.50 Å². The maximum absolute atomic E-state index is 13.0. The first-order valence-corrected chi connectivity index (χ1v) is 4.01. The van der Waals surface area contributed by atoms with E-state index in [0.717, 1.165) is 0 Å². The van der Waals surface area contributed by atoms with Crippen molar-refractivity contribution in [1.29, 1.82) is 0 Å². The first-order valence-electron chi connectivity index (χ1n) is 4.01. The molecule has 0 unspecified atom stereocenters. The number of phenolic OH excluding ortho intramolecular Hbond substituents is 1. The van der Waals surface area contributed by atoms with Gasteiger partial charge >= 0.3 is 0 Å². The van der Waals surface area contributed by atoms with Crippen molar-refractivity contribution in [3.05, 3.63) is 35.2 Å². The van der Waals surface area contributed by atoms with Crippen molar-refractivity contribution in [2.45, 2.75) is 6.92 Å². The van der Waals surface area contributed by atoms with Gasteiger partial charge in [0.2, 0.25) is 0 Å². The maximum atomic E-state index is 13.0. The van der Waals surface area contributed by atoms with Crippen LogP contribution in [0, 0.1) is 12.7 Å². The van der Waals surface area contributed by atoms with Gasteiger partial charge in [-0.05, 0) is 24.6 Å². The van der Waals surface area contributed by atoms with E-state index in [4.69, 9.17) is 5.73 Å². The van der Waals surface area contributed by atoms with E-state index in [-0.39, 0.29) is 11.6 Å². The van der Waals surface area contributed by atoms with Gasteiger partial charge in [-0.15, -0.1) is 0 Å². The molecule has 0 atom stereocenters. The van der Waals surface area contributed by atoms with Crippen molar-refractivity contribution >= 4 is 6.08 Å². The van der Waals surface area contributed by atoms with Crippen molar-refractivity contribution in [3.8, 4) is 5.75 Å². The molecule has 0 amide bonds. The number of rotatable bonds is 2. The molecule has 2 nitrogen and oxygen atoms in total. The highest BCUT2D eigenvalue weighted by Crippen LogP contribution is 2.24. The van der Waals surface area contributed by atoms with E-state index in [0.29, 0.717) is 17.7 Å². The van der Waals surface area contributed by atoms with Crippen LogP contribution in [-0.4, -0.2) is 11.7 Å². The second-order valence-corrected chi connectivity index (χ2v) is 2.74. The molecule has 1 aromatic carbocycles. The van der Waals surface area contributed by atoms with Crippen LogP contribution in [-0.2, 0) is 0 Å². The third-order valence-electron chi connectivity index (χ3n) is 1.85. The molecule has 0 saturated heterocycles. The van der Waals surface area contributed by atoms with Gasteiger partial charge in [-0.2, -0.15) is 0 Å². The number of aromatic hydroxyl groups is 1. The van der Waals surface area contributed by atoms with Crippen LogP contribution in [0.4, 0.5) is 4.39 Å². The van der Waals surface area contributed by atoms with Crippen molar-refractivity contribution in [2.24, 2.45) is 5.73 Å². The molecular weight excluding hydrogens is 169 g/mol. The van der Waals surface area contributed by atoms with Crippen LogP contribution in [0.25, 0.3) is 6.08 Å². The van der Waals surface area contributed by atoms with E-state index in [2.05, 4.69) is 0 Å². The Morgan fingerprint density at radius 2 is 2.23 bits per heavy atom. The predicted octanol–water partition coefficient (Wildman–Crippen LogP) is 1.81. The van der Waals surface area contributed by atoms with Gasteiger partial charge in [0.25, 0.3) is 0 Å². The maximum Gasteiger partial charge on any atom is 0.126 e. The molecule has 3 heteroatoms. The summed E-state index contributed by atoms with van der Waals surface area (Å²) in [6.07, 6.45) is 3.29. The molecule has 0 heterocycles. The average molecular weight is 181 g/mol. The van der Waals surface area contributed by atoms with Crippen LogP contribution in [0.3, 0.4) is 0 Å². The van der Waals surface area contributed by atoms with Crippen LogP contribution < -0.4 is 5.73 Å². The minimum absolute atomic E-state index is 0.0728. The molecular formula is C10H12FNO. The van der Waals surface area contributed by atoms with E-state index < -0.39 is 0 Å². The zero-order valence-electron chi connectivity index (χ0n) is 7.42. The van der Waals surface area contributed by atoms with Crippen LogP contribution in [0.1, 0.15) is 11.1 Å². The highest BCUT2D eigenvalue weighted by atomic mass is 19.1. The quantitative estimate of drug-likeness (QED) is 0.730. The van der Waals surface area contributed by atoms with Crippen LogP contribution in [0.2, 0.25) is 0 Å². The summed E-state index contributed by atoms with van der Waals surface area (Å²) < 4.78 is 13.0. The zero-order valence-corrected chi connectivity index (χ0v) is 7.42. The van der Waals surface area contributed by atoms with E-state index in [1.807, 2.05) is 0 Å². The molecule has 0 aliphatic carbocycles. The monoisotopic (exact) mass is 181 g/mol. The molecule has 0 spiro atoms. The Labute approximate surface area is 76.5 Å². The first-order chi connectivity index (χ1) is 6.16. The summed E-state index contributed by atoms with van der Waals surface area (Å²) >= 11 is 0. The molecule has 1 rings (SSSR count). The summed E-state index contributed by atoms with van der Waals surface area (Å²) in [5.41, 5.74) is 6.18. The summed E-state index contributed by atoms with van der Waals surface area (Å²) in [6, 6.07) is 2.57. The third-order valence-corrected chi connectivity index (χ3v) is 1.85. The topological polar surface area (TPSA) is 46.2 Å². The van der Waals surface area contributed by atoms with Crippen LogP contribution in [0.5, 0.6) is 5.75 Å². The molecule has 0 aliphatic rings. The lowest BCUT2D eigenvalue weighted by atomic mass is 10.1. The van der Waals surface area contributed by atoms with Crippen molar-refractivity contribution in [1.82, 2.24) is 0 Å². The highest BCUT2D eigenvalue weighted by molar-refractivity contribution is 5.60. The van der Waals surface area contributed by atoms with Gasteiger partial charge in [-0.25, -0.2) is 4.39 Å². The standard InChI is InChI=1S/C10H12FNO/c1-7-8(3-2-6-12)10(13)5-4-9(7)11/h2-5,13H,6,12H2,1H3/b3-2+. The van der Waals surface area contributed by atoms with E-state index in [1.54, 1.807) is 19.1 Å². The lowest BCUT2D eigenvalue weighted by molar-refractivity contribution is 0.470. The zero-order chi connectivity index (χ0) is 9.84. The Morgan fingerprint density at radius 3 is 2.85 bits per heavy atom. The summed E-state index contributed by atoms with van der Waals surface area (Å²) in [4.78, 5) is 0. The number of hydrogen-bond acceptors (Lipinski definition) is 2. The van der Waals surface area contributed by atoms with Crippen LogP contribution >= 0.6 is 0 Å². The fraction of sp³-hybridized carbons (Fsp3) is 0.200. The summed E-state index contributed by atoms with van der Waals surface area (Å²) in [5.74, 6) is -0.252. The fourth-order valence-electron chi connectivity index (χ4n) is 1.08. The van der Waals surface area contributed by atoms with Gasteiger partial charge in [-0.3, -0.25) is 0 Å². The van der Waals surface area contributed by atoms with Gasteiger partial charge in [0.15, 0.2) is 0 Å². The first kappa shape index (κ1) is 9.74. The number of hydrogen-bond donors (Lipinski definition) is 2.